The zero-order valence-corrected chi connectivity index (χ0v) is 13.2. The van der Waals surface area contributed by atoms with E-state index < -0.39 is 0 Å². The van der Waals surface area contributed by atoms with E-state index in [1.165, 1.54) is 24.0 Å². The summed E-state index contributed by atoms with van der Waals surface area (Å²) in [5, 5.41) is 3.91. The van der Waals surface area contributed by atoms with Gasteiger partial charge in [0.25, 0.3) is 5.91 Å². The summed E-state index contributed by atoms with van der Waals surface area (Å²) in [4.78, 5) is 12.4. The Morgan fingerprint density at radius 3 is 2.95 bits per heavy atom. The van der Waals surface area contributed by atoms with Crippen LogP contribution in [0.1, 0.15) is 40.5 Å². The maximum Gasteiger partial charge on any atom is 0.281 e. The number of halogens is 1. The lowest BCUT2D eigenvalue weighted by molar-refractivity contribution is 0.0959. The van der Waals surface area contributed by atoms with Crippen molar-refractivity contribution in [2.24, 2.45) is 11.0 Å². The van der Waals surface area contributed by atoms with Gasteiger partial charge >= 0.3 is 0 Å². The van der Waals surface area contributed by atoms with Gasteiger partial charge in [0.1, 0.15) is 11.5 Å². The van der Waals surface area contributed by atoms with Gasteiger partial charge in [-0.1, -0.05) is 6.92 Å². The van der Waals surface area contributed by atoms with Crippen LogP contribution in [0.25, 0.3) is 0 Å². The number of carbonyl (C=O) groups is 1. The molecule has 1 aliphatic rings. The number of hydrogen-bond donors (Lipinski definition) is 1. The number of carbonyl (C=O) groups excluding carboxylic acids is 1. The molecule has 0 unspecified atom stereocenters. The van der Waals surface area contributed by atoms with Crippen LogP contribution < -0.4 is 5.43 Å². The summed E-state index contributed by atoms with van der Waals surface area (Å²) in [5.74, 6) is 2.71. The molecule has 0 radical (unpaired) electrons. The van der Waals surface area contributed by atoms with E-state index in [9.17, 15) is 4.79 Å². The van der Waals surface area contributed by atoms with Gasteiger partial charge in [0, 0.05) is 5.92 Å². The molecule has 0 aliphatic heterocycles. The van der Waals surface area contributed by atoms with Crippen LogP contribution in [0.5, 0.6) is 0 Å². The van der Waals surface area contributed by atoms with E-state index in [1.807, 2.05) is 18.2 Å². The second-order valence-electron chi connectivity index (χ2n) is 4.86. The van der Waals surface area contributed by atoms with Crippen molar-refractivity contribution in [2.75, 3.05) is 0 Å². The average Bonchev–Trinajstić information content (AvgIpc) is 2.82. The standard InChI is InChI=1S/C14H13BrN2O2S/c1-8-6-10(8)11-3-2-9(19-11)7-16-17-14(18)12-4-5-13(15)20-12/h2-5,7-8,10H,6H2,1H3,(H,17,18)/b16-7-/t8-,10+/m0/s1. The van der Waals surface area contributed by atoms with Gasteiger partial charge in [-0.3, -0.25) is 4.79 Å². The molecule has 1 N–H and O–H groups in total. The van der Waals surface area contributed by atoms with E-state index in [1.54, 1.807) is 6.07 Å². The first kappa shape index (κ1) is 13.6. The second-order valence-corrected chi connectivity index (χ2v) is 7.33. The largest absolute Gasteiger partial charge is 0.460 e. The third-order valence-corrected chi connectivity index (χ3v) is 4.90. The molecule has 0 bridgehead atoms. The van der Waals surface area contributed by atoms with Crippen LogP contribution in [0.4, 0.5) is 0 Å². The third-order valence-electron chi connectivity index (χ3n) is 3.28. The Labute approximate surface area is 129 Å². The predicted octanol–water partition coefficient (Wildman–Crippen LogP) is 3.99. The molecule has 2 atom stereocenters. The number of nitrogens with zero attached hydrogens (tertiary/aromatic N) is 1. The smallest absolute Gasteiger partial charge is 0.281 e. The van der Waals surface area contributed by atoms with Gasteiger partial charge in [-0.2, -0.15) is 5.10 Å². The minimum Gasteiger partial charge on any atom is -0.460 e. The summed E-state index contributed by atoms with van der Waals surface area (Å²) in [6.07, 6.45) is 2.71. The molecule has 4 nitrogen and oxygen atoms in total. The Kier molecular flexibility index (Phi) is 3.76. The fourth-order valence-corrected chi connectivity index (χ4v) is 3.28. The summed E-state index contributed by atoms with van der Waals surface area (Å²) in [7, 11) is 0. The number of hydrogen-bond acceptors (Lipinski definition) is 4. The third kappa shape index (κ3) is 3.02. The molecule has 1 amide bonds. The lowest BCUT2D eigenvalue weighted by Crippen LogP contribution is -2.15. The Bertz CT molecular complexity index is 662. The van der Waals surface area contributed by atoms with Gasteiger partial charge in [0.2, 0.25) is 0 Å². The van der Waals surface area contributed by atoms with Gasteiger partial charge in [-0.15, -0.1) is 11.3 Å². The molecule has 0 aromatic carbocycles. The zero-order chi connectivity index (χ0) is 14.1. The molecule has 1 fully saturated rings. The summed E-state index contributed by atoms with van der Waals surface area (Å²) in [6.45, 7) is 2.21. The molecule has 0 saturated heterocycles. The average molecular weight is 353 g/mol. The molecule has 2 aromatic rings. The Hall–Kier alpha value is -1.40. The Balaban J connectivity index is 1.57. The molecule has 6 heteroatoms. The van der Waals surface area contributed by atoms with Crippen LogP contribution >= 0.6 is 27.3 Å². The first-order valence-electron chi connectivity index (χ1n) is 6.32. The summed E-state index contributed by atoms with van der Waals surface area (Å²) >= 11 is 4.68. The highest BCUT2D eigenvalue weighted by Crippen LogP contribution is 2.47. The molecule has 20 heavy (non-hydrogen) atoms. The van der Waals surface area contributed by atoms with Crippen molar-refractivity contribution in [1.82, 2.24) is 5.43 Å². The van der Waals surface area contributed by atoms with Crippen molar-refractivity contribution in [3.05, 3.63) is 44.4 Å². The van der Waals surface area contributed by atoms with Crippen molar-refractivity contribution in [1.29, 1.82) is 0 Å². The lowest BCUT2D eigenvalue weighted by atomic mass is 10.3. The molecule has 2 heterocycles. The number of amides is 1. The highest BCUT2D eigenvalue weighted by molar-refractivity contribution is 9.11. The van der Waals surface area contributed by atoms with Crippen molar-refractivity contribution in [3.8, 4) is 0 Å². The zero-order valence-electron chi connectivity index (χ0n) is 10.8. The number of thiophene rings is 1. The number of rotatable bonds is 4. The Morgan fingerprint density at radius 1 is 1.50 bits per heavy atom. The van der Waals surface area contributed by atoms with E-state index in [-0.39, 0.29) is 5.91 Å². The van der Waals surface area contributed by atoms with E-state index in [2.05, 4.69) is 33.4 Å². The summed E-state index contributed by atoms with van der Waals surface area (Å²) < 4.78 is 6.58. The number of furan rings is 1. The van der Waals surface area contributed by atoms with Gasteiger partial charge in [-0.25, -0.2) is 5.43 Å². The van der Waals surface area contributed by atoms with Gasteiger partial charge in [0.05, 0.1) is 14.9 Å². The van der Waals surface area contributed by atoms with Crippen LogP contribution in [-0.2, 0) is 0 Å². The van der Waals surface area contributed by atoms with Crippen LogP contribution in [0.2, 0.25) is 0 Å². The predicted molar refractivity (Wildman–Crippen MR) is 82.3 cm³/mol. The fourth-order valence-electron chi connectivity index (χ4n) is 2.00. The number of hydrazone groups is 1. The number of nitrogens with one attached hydrogen (secondary N) is 1. The van der Waals surface area contributed by atoms with Crippen molar-refractivity contribution in [3.63, 3.8) is 0 Å². The van der Waals surface area contributed by atoms with E-state index in [0.717, 1.165) is 9.55 Å². The SMILES string of the molecule is C[C@H]1C[C@H]1c1ccc(/C=N\NC(=O)c2ccc(Br)s2)o1. The normalized spacial score (nSPS) is 21.3. The highest BCUT2D eigenvalue weighted by Gasteiger charge is 2.36. The first-order chi connectivity index (χ1) is 9.63. The quantitative estimate of drug-likeness (QED) is 0.667. The van der Waals surface area contributed by atoms with Crippen molar-refractivity contribution < 1.29 is 9.21 Å². The molecule has 2 aromatic heterocycles. The molecule has 104 valence electrons. The van der Waals surface area contributed by atoms with Crippen molar-refractivity contribution in [2.45, 2.75) is 19.3 Å². The van der Waals surface area contributed by atoms with E-state index >= 15 is 0 Å². The maximum atomic E-state index is 11.7. The van der Waals surface area contributed by atoms with Crippen LogP contribution in [-0.4, -0.2) is 12.1 Å². The van der Waals surface area contributed by atoms with Crippen molar-refractivity contribution >= 4 is 39.4 Å². The minimum atomic E-state index is -0.223. The highest BCUT2D eigenvalue weighted by atomic mass is 79.9. The van der Waals surface area contributed by atoms with Gasteiger partial charge < -0.3 is 4.42 Å². The Morgan fingerprint density at radius 2 is 2.30 bits per heavy atom. The molecular formula is C14H13BrN2O2S. The maximum absolute atomic E-state index is 11.7. The fraction of sp³-hybridized carbons (Fsp3) is 0.286. The topological polar surface area (TPSA) is 54.6 Å². The molecule has 1 aliphatic carbocycles. The van der Waals surface area contributed by atoms with Crippen LogP contribution in [0.15, 0.2) is 37.6 Å². The molecular weight excluding hydrogens is 340 g/mol. The van der Waals surface area contributed by atoms with Crippen LogP contribution in [0.3, 0.4) is 0 Å². The molecule has 0 spiro atoms. The van der Waals surface area contributed by atoms with E-state index in [4.69, 9.17) is 4.42 Å². The second kappa shape index (κ2) is 5.54. The summed E-state index contributed by atoms with van der Waals surface area (Å²) in [5.41, 5.74) is 2.48. The van der Waals surface area contributed by atoms with Crippen LogP contribution in [0, 0.1) is 5.92 Å². The molecule has 3 rings (SSSR count). The monoisotopic (exact) mass is 352 g/mol. The first-order valence-corrected chi connectivity index (χ1v) is 7.93. The molecule has 1 saturated carbocycles. The van der Waals surface area contributed by atoms with E-state index in [0.29, 0.717) is 22.5 Å². The minimum absolute atomic E-state index is 0.223. The summed E-state index contributed by atoms with van der Waals surface area (Å²) in [6, 6.07) is 7.43. The van der Waals surface area contributed by atoms with Gasteiger partial charge in [0.15, 0.2) is 0 Å². The van der Waals surface area contributed by atoms with Gasteiger partial charge in [-0.05, 0) is 52.5 Å². The lowest BCUT2D eigenvalue weighted by Gasteiger charge is -1.94.